The Morgan fingerprint density at radius 2 is 1.97 bits per heavy atom. The van der Waals surface area contributed by atoms with Gasteiger partial charge >= 0.3 is 0 Å². The molecule has 0 saturated carbocycles. The van der Waals surface area contributed by atoms with Gasteiger partial charge in [-0.15, -0.1) is 16.4 Å². The lowest BCUT2D eigenvalue weighted by atomic mass is 9.93. The van der Waals surface area contributed by atoms with Gasteiger partial charge in [0.05, 0.1) is 33.5 Å². The third-order valence-corrected chi connectivity index (χ3v) is 9.15. The van der Waals surface area contributed by atoms with Crippen molar-refractivity contribution in [3.8, 4) is 16.9 Å². The monoisotopic (exact) mass is 537 g/mol. The van der Waals surface area contributed by atoms with Crippen LogP contribution in [0.5, 0.6) is 0 Å². The van der Waals surface area contributed by atoms with E-state index in [0.717, 1.165) is 32.8 Å². The van der Waals surface area contributed by atoms with Crippen molar-refractivity contribution >= 4 is 43.2 Å². The Bertz CT molecular complexity index is 1650. The van der Waals surface area contributed by atoms with Crippen molar-refractivity contribution in [2.75, 3.05) is 30.7 Å². The van der Waals surface area contributed by atoms with Crippen LogP contribution >= 0.6 is 11.3 Å². The molecule has 0 radical (unpaired) electrons. The average molecular weight is 538 g/mol. The maximum absolute atomic E-state index is 12.2. The predicted octanol–water partition coefficient (Wildman–Crippen LogP) is 1.59. The van der Waals surface area contributed by atoms with Gasteiger partial charge in [-0.25, -0.2) is 23.1 Å². The van der Waals surface area contributed by atoms with Crippen molar-refractivity contribution in [2.45, 2.75) is 12.5 Å². The van der Waals surface area contributed by atoms with E-state index in [-0.39, 0.29) is 12.3 Å². The van der Waals surface area contributed by atoms with E-state index in [4.69, 9.17) is 10.7 Å². The fraction of sp³-hybridized carbons (Fsp3) is 0.273. The van der Waals surface area contributed by atoms with Crippen LogP contribution in [0.3, 0.4) is 0 Å². The largest absolute Gasteiger partial charge is 0.328 e. The third kappa shape index (κ3) is 4.15. The Morgan fingerprint density at radius 3 is 2.68 bits per heavy atom. The second kappa shape index (κ2) is 8.95. The molecule has 1 aliphatic heterocycles. The smallest absolute Gasteiger partial charge is 0.228 e. The van der Waals surface area contributed by atoms with Gasteiger partial charge in [-0.05, 0) is 53.1 Å². The molecule has 4 aromatic heterocycles. The van der Waals surface area contributed by atoms with E-state index in [0.29, 0.717) is 19.0 Å². The van der Waals surface area contributed by atoms with Gasteiger partial charge in [0.2, 0.25) is 16.0 Å². The summed E-state index contributed by atoms with van der Waals surface area (Å²) in [6.07, 6.45) is 5.15. The summed E-state index contributed by atoms with van der Waals surface area (Å²) in [5.74, 6) is 0.507. The highest BCUT2D eigenvalue weighted by atomic mass is 32.2. The second-order valence-electron chi connectivity index (χ2n) is 8.73. The molecule has 0 atom stereocenters. The summed E-state index contributed by atoms with van der Waals surface area (Å²) in [6, 6.07) is 9.52. The van der Waals surface area contributed by atoms with E-state index in [1.165, 1.54) is 10.6 Å². The molecule has 5 heterocycles. The molecule has 5 aromatic rings. The molecule has 1 aromatic carbocycles. The number of rotatable bonds is 8. The van der Waals surface area contributed by atoms with Crippen LogP contribution in [0.15, 0.2) is 54.4 Å². The lowest BCUT2D eigenvalue weighted by Crippen LogP contribution is -2.67. The van der Waals surface area contributed by atoms with Gasteiger partial charge in [0.1, 0.15) is 11.9 Å². The maximum Gasteiger partial charge on any atom is 0.228 e. The molecular formula is C22H23N11O2S2. The van der Waals surface area contributed by atoms with Gasteiger partial charge in [-0.3, -0.25) is 4.68 Å². The molecule has 1 saturated heterocycles. The number of hydrogen-bond acceptors (Lipinski definition) is 11. The number of nitrogens with two attached hydrogens (primary N) is 1. The fourth-order valence-electron chi connectivity index (χ4n) is 4.28. The molecule has 1 fully saturated rings. The highest BCUT2D eigenvalue weighted by Gasteiger charge is 2.48. The number of nitrogens with zero attached hydrogens (tertiary/aromatic N) is 9. The van der Waals surface area contributed by atoms with Crippen molar-refractivity contribution in [3.63, 3.8) is 0 Å². The summed E-state index contributed by atoms with van der Waals surface area (Å²) in [5, 5.41) is 21.0. The molecule has 6 rings (SSSR count). The van der Waals surface area contributed by atoms with Gasteiger partial charge in [-0.1, -0.05) is 0 Å². The van der Waals surface area contributed by atoms with Crippen molar-refractivity contribution in [1.82, 2.24) is 44.3 Å². The van der Waals surface area contributed by atoms with E-state index in [2.05, 4.69) is 30.9 Å². The first-order valence-electron chi connectivity index (χ1n) is 11.5. The molecule has 37 heavy (non-hydrogen) atoms. The van der Waals surface area contributed by atoms with Crippen LogP contribution in [-0.2, 0) is 15.6 Å². The molecule has 0 bridgehead atoms. The van der Waals surface area contributed by atoms with Crippen LogP contribution in [0, 0.1) is 0 Å². The molecular weight excluding hydrogens is 514 g/mol. The summed E-state index contributed by atoms with van der Waals surface area (Å²) in [5.41, 5.74) is 9.50. The first-order chi connectivity index (χ1) is 17.9. The lowest BCUT2D eigenvalue weighted by molar-refractivity contribution is 0.0759. The zero-order valence-corrected chi connectivity index (χ0v) is 21.4. The average Bonchev–Trinajstić information content (AvgIpc) is 3.66. The number of thiophene rings is 1. The zero-order valence-electron chi connectivity index (χ0n) is 19.8. The van der Waals surface area contributed by atoms with Gasteiger partial charge in [-0.2, -0.15) is 9.40 Å². The molecule has 190 valence electrons. The molecule has 0 spiro atoms. The van der Waals surface area contributed by atoms with E-state index >= 15 is 0 Å². The van der Waals surface area contributed by atoms with E-state index in [9.17, 15) is 8.42 Å². The van der Waals surface area contributed by atoms with Crippen LogP contribution in [-0.4, -0.2) is 78.1 Å². The Labute approximate surface area is 216 Å². The van der Waals surface area contributed by atoms with Crippen molar-refractivity contribution < 1.29 is 8.42 Å². The third-order valence-electron chi connectivity index (χ3n) is 6.46. The summed E-state index contributed by atoms with van der Waals surface area (Å²) >= 11 is 1.55. The SMILES string of the molecule is CCS(=O)(=O)N1CC(CN)(n2cc(-c3nc(Nc4ccc(-n5cnnn5)cc4)nc4ccsc34)cn2)C1. The Hall–Kier alpha value is -3.79. The van der Waals surface area contributed by atoms with Gasteiger partial charge in [0.25, 0.3) is 0 Å². The van der Waals surface area contributed by atoms with Crippen LogP contribution in [0.4, 0.5) is 11.6 Å². The van der Waals surface area contributed by atoms with E-state index < -0.39 is 15.6 Å². The second-order valence-corrected chi connectivity index (χ2v) is 11.9. The molecule has 0 amide bonds. The topological polar surface area (TPSA) is 163 Å². The van der Waals surface area contributed by atoms with Crippen molar-refractivity contribution in [1.29, 1.82) is 0 Å². The molecule has 15 heteroatoms. The number of aromatic nitrogens is 8. The summed E-state index contributed by atoms with van der Waals surface area (Å²) in [7, 11) is -3.27. The number of hydrogen-bond donors (Lipinski definition) is 2. The Balaban J connectivity index is 1.29. The minimum absolute atomic E-state index is 0.0610. The zero-order chi connectivity index (χ0) is 25.6. The predicted molar refractivity (Wildman–Crippen MR) is 139 cm³/mol. The number of tetrazole rings is 1. The number of nitrogens with one attached hydrogen (secondary N) is 1. The van der Waals surface area contributed by atoms with Crippen LogP contribution < -0.4 is 11.1 Å². The van der Waals surface area contributed by atoms with Crippen LogP contribution in [0.25, 0.3) is 27.2 Å². The molecule has 13 nitrogen and oxygen atoms in total. The van der Waals surface area contributed by atoms with Gasteiger partial charge in [0.15, 0.2) is 0 Å². The Morgan fingerprint density at radius 1 is 1.16 bits per heavy atom. The number of anilines is 2. The van der Waals surface area contributed by atoms with E-state index in [1.807, 2.05) is 41.9 Å². The van der Waals surface area contributed by atoms with E-state index in [1.54, 1.807) is 33.8 Å². The standard InChI is InChI=1S/C22H23N11O2S2/c1-2-37(34,35)31-12-22(11-23,13-31)33-10-15(9-25-33)19-20-18(7-8-36-20)27-21(28-19)26-16-3-5-17(6-4-16)32-14-24-29-30-32/h3-10,14H,2,11-13,23H2,1H3,(H,26,27,28). The molecule has 0 unspecified atom stereocenters. The fourth-order valence-corrected chi connectivity index (χ4v) is 6.36. The normalized spacial score (nSPS) is 15.6. The number of benzene rings is 1. The summed E-state index contributed by atoms with van der Waals surface area (Å²) < 4.78 is 30.2. The highest BCUT2D eigenvalue weighted by Crippen LogP contribution is 2.35. The minimum Gasteiger partial charge on any atom is -0.328 e. The minimum atomic E-state index is -3.27. The lowest BCUT2D eigenvalue weighted by Gasteiger charge is -2.48. The van der Waals surface area contributed by atoms with Crippen molar-refractivity contribution in [3.05, 3.63) is 54.4 Å². The number of sulfonamides is 1. The highest BCUT2D eigenvalue weighted by molar-refractivity contribution is 7.89. The van der Waals surface area contributed by atoms with Crippen molar-refractivity contribution in [2.24, 2.45) is 5.73 Å². The first kappa shape index (κ1) is 23.6. The molecule has 3 N–H and O–H groups in total. The van der Waals surface area contributed by atoms with Crippen LogP contribution in [0.1, 0.15) is 6.92 Å². The first-order valence-corrected chi connectivity index (χ1v) is 14.0. The summed E-state index contributed by atoms with van der Waals surface area (Å²) in [4.78, 5) is 9.47. The number of fused-ring (bicyclic) bond motifs is 1. The quantitative estimate of drug-likeness (QED) is 0.297. The van der Waals surface area contributed by atoms with Gasteiger partial charge < -0.3 is 11.1 Å². The molecule has 0 aliphatic carbocycles. The summed E-state index contributed by atoms with van der Waals surface area (Å²) in [6.45, 7) is 2.51. The van der Waals surface area contributed by atoms with Crippen LogP contribution in [0.2, 0.25) is 0 Å². The maximum atomic E-state index is 12.2. The Kier molecular flexibility index (Phi) is 5.71. The van der Waals surface area contributed by atoms with Gasteiger partial charge in [0, 0.05) is 37.1 Å². The molecule has 1 aliphatic rings.